The third kappa shape index (κ3) is 26.7. The summed E-state index contributed by atoms with van der Waals surface area (Å²) in [5.41, 5.74) is 11.5. The molecule has 0 N–H and O–H groups in total. The van der Waals surface area contributed by atoms with Crippen LogP contribution < -0.4 is 24.8 Å². The number of unbranched alkanes of at least 4 members (excludes halogenated alkanes) is 4. The second-order valence-corrected chi connectivity index (χ2v) is 11.6. The topological polar surface area (TPSA) is 6.48 Å². The molecule has 0 fully saturated rings. The maximum absolute atomic E-state index is 3.92. The summed E-state index contributed by atoms with van der Waals surface area (Å²) in [5.74, 6) is 0. The Balaban J connectivity index is -0.000000106. The standard InChI is InChI=1S/2C10H22N.2C9H13.2ClH.2Ti/c2*1-4-7-9-11(6-3)10-8-5-2;2*1-6-5-7(2)9(4)8(6)3;;;;/h2*3-10H2,1-2H3;2*5H,1-4H3;2*1H;;/q4*-1;;;2*+3/p-2. The van der Waals surface area contributed by atoms with Crippen LogP contribution in [0.4, 0.5) is 0 Å². The molecule has 0 aliphatic rings. The van der Waals surface area contributed by atoms with Crippen molar-refractivity contribution in [3.63, 3.8) is 0 Å². The molecule has 2 rings (SSSR count). The Morgan fingerprint density at radius 2 is 0.614 bits per heavy atom. The smallest absolute Gasteiger partial charge is 1.00 e. The molecular formula is C38H70Cl2N2Ti2. The number of aryl methyl sites for hydroxylation is 4. The molecule has 0 bridgehead atoms. The summed E-state index contributed by atoms with van der Waals surface area (Å²) in [6.45, 7) is 41.0. The molecule has 0 unspecified atom stereocenters. The summed E-state index contributed by atoms with van der Waals surface area (Å²) < 4.78 is 0. The molecule has 6 heteroatoms. The predicted molar refractivity (Wildman–Crippen MR) is 185 cm³/mol. The molecule has 2 radical (unpaired) electrons. The van der Waals surface area contributed by atoms with E-state index in [2.05, 4.69) is 119 Å². The van der Waals surface area contributed by atoms with E-state index in [1.807, 2.05) is 0 Å². The van der Waals surface area contributed by atoms with Gasteiger partial charge in [-0.05, 0) is 51.9 Å². The Bertz CT molecular complexity index is 730. The fourth-order valence-electron chi connectivity index (χ4n) is 4.46. The molecule has 2 aromatic rings. The van der Waals surface area contributed by atoms with Crippen LogP contribution in [0.3, 0.4) is 0 Å². The van der Waals surface area contributed by atoms with Crippen LogP contribution in [0.1, 0.15) is 124 Å². The molecule has 0 saturated carbocycles. The van der Waals surface area contributed by atoms with Crippen LogP contribution in [0.2, 0.25) is 0 Å². The van der Waals surface area contributed by atoms with Crippen LogP contribution in [-0.2, 0) is 43.4 Å². The van der Waals surface area contributed by atoms with Gasteiger partial charge in [0.05, 0.1) is 0 Å². The second-order valence-electron chi connectivity index (χ2n) is 11.6. The van der Waals surface area contributed by atoms with Crippen molar-refractivity contribution in [2.24, 2.45) is 0 Å². The van der Waals surface area contributed by atoms with Crippen molar-refractivity contribution >= 4 is 0 Å². The first-order valence-corrected chi connectivity index (χ1v) is 16.4. The maximum Gasteiger partial charge on any atom is 3.00 e. The second kappa shape index (κ2) is 36.5. The number of hydrogen-bond acceptors (Lipinski definition) is 2. The minimum Gasteiger partial charge on any atom is -1.00 e. The van der Waals surface area contributed by atoms with Crippen LogP contribution in [-0.4, -0.2) is 49.1 Å². The zero-order valence-electron chi connectivity index (χ0n) is 31.1. The molecule has 0 saturated heterocycles. The predicted octanol–water partition coefficient (Wildman–Crippen LogP) is 4.73. The minimum absolute atomic E-state index is 0. The van der Waals surface area contributed by atoms with Gasteiger partial charge in [-0.2, -0.15) is 56.6 Å². The van der Waals surface area contributed by atoms with E-state index in [4.69, 9.17) is 0 Å². The summed E-state index contributed by atoms with van der Waals surface area (Å²) in [6.07, 6.45) is 10.5. The number of halogens is 2. The number of nitrogens with zero attached hydrogens (tertiary/aromatic N) is 2. The number of rotatable bonds is 14. The van der Waals surface area contributed by atoms with Gasteiger partial charge in [-0.15, -0.1) is 13.1 Å². The molecule has 0 atom stereocenters. The van der Waals surface area contributed by atoms with E-state index < -0.39 is 0 Å². The molecule has 0 aliphatic carbocycles. The average Bonchev–Trinajstić information content (AvgIpc) is 3.31. The van der Waals surface area contributed by atoms with Gasteiger partial charge in [0.1, 0.15) is 0 Å². The zero-order valence-corrected chi connectivity index (χ0v) is 35.8. The molecular weight excluding hydrogens is 651 g/mol. The van der Waals surface area contributed by atoms with E-state index in [1.54, 1.807) is 0 Å². The zero-order chi connectivity index (χ0) is 31.1. The van der Waals surface area contributed by atoms with Gasteiger partial charge in [0.25, 0.3) is 0 Å². The quantitative estimate of drug-likeness (QED) is 0.206. The maximum atomic E-state index is 3.92. The summed E-state index contributed by atoms with van der Waals surface area (Å²) in [7, 11) is 0. The monoisotopic (exact) mass is 720 g/mol. The van der Waals surface area contributed by atoms with Crippen molar-refractivity contribution in [3.8, 4) is 0 Å². The Morgan fingerprint density at radius 3 is 0.705 bits per heavy atom. The Hall–Kier alpha value is 0.629. The van der Waals surface area contributed by atoms with Crippen molar-refractivity contribution in [2.45, 2.75) is 134 Å². The molecule has 2 nitrogen and oxygen atoms in total. The molecule has 0 aromatic heterocycles. The van der Waals surface area contributed by atoms with Gasteiger partial charge in [-0.1, -0.05) is 109 Å². The Labute approximate surface area is 320 Å². The van der Waals surface area contributed by atoms with Gasteiger partial charge in [-0.25, -0.2) is 0 Å². The largest absolute Gasteiger partial charge is 3.00 e. The number of hydrogen-bond donors (Lipinski definition) is 0. The van der Waals surface area contributed by atoms with Gasteiger partial charge >= 0.3 is 43.4 Å². The summed E-state index contributed by atoms with van der Waals surface area (Å²) in [5, 5.41) is 0. The van der Waals surface area contributed by atoms with E-state index >= 15 is 0 Å². The van der Waals surface area contributed by atoms with Crippen LogP contribution in [0.5, 0.6) is 0 Å². The Kier molecular flexibility index (Phi) is 47.2. The Morgan fingerprint density at radius 1 is 0.432 bits per heavy atom. The first-order chi connectivity index (χ1) is 18.9. The minimum atomic E-state index is 0. The van der Waals surface area contributed by atoms with E-state index in [9.17, 15) is 0 Å². The van der Waals surface area contributed by atoms with Crippen molar-refractivity contribution < 1.29 is 68.2 Å². The normalized spacial score (nSPS) is 9.64. The molecule has 0 aliphatic heterocycles. The van der Waals surface area contributed by atoms with Gasteiger partial charge in [-0.3, -0.25) is 0 Å². The van der Waals surface area contributed by atoms with E-state index in [0.717, 1.165) is 13.1 Å². The van der Waals surface area contributed by atoms with E-state index in [0.29, 0.717) is 0 Å². The van der Waals surface area contributed by atoms with Gasteiger partial charge in [0.15, 0.2) is 0 Å². The van der Waals surface area contributed by atoms with Gasteiger partial charge in [0.2, 0.25) is 0 Å². The average molecular weight is 722 g/mol. The molecule has 0 amide bonds. The molecule has 0 spiro atoms. The van der Waals surface area contributed by atoms with Crippen molar-refractivity contribution in [1.29, 1.82) is 0 Å². The van der Waals surface area contributed by atoms with E-state index in [1.165, 1.54) is 122 Å². The summed E-state index contributed by atoms with van der Waals surface area (Å²) in [6, 6.07) is 4.48. The molecule has 44 heavy (non-hydrogen) atoms. The van der Waals surface area contributed by atoms with Crippen molar-refractivity contribution in [2.75, 3.05) is 39.3 Å². The third-order valence-electron chi connectivity index (χ3n) is 8.30. The fourth-order valence-corrected chi connectivity index (χ4v) is 4.46. The molecule has 2 aromatic carbocycles. The van der Waals surface area contributed by atoms with Crippen molar-refractivity contribution in [1.82, 2.24) is 9.80 Å². The van der Waals surface area contributed by atoms with Crippen LogP contribution in [0.15, 0.2) is 12.1 Å². The first kappa shape index (κ1) is 56.9. The fraction of sp³-hybridized carbons (Fsp3) is 0.684. The third-order valence-corrected chi connectivity index (χ3v) is 8.30. The SMILES string of the molecule is Cc1[cH-]c(C)c(C)c1C.Cc1[cH-]c(C)c(C)c1C.[CH2-]CN(CCCC)CCCC.[CH2-]CN(CCCC)CCCC.[Cl-].[Cl-].[Ti+3].[Ti+3]. The molecule has 254 valence electrons. The first-order valence-electron chi connectivity index (χ1n) is 16.4. The van der Waals surface area contributed by atoms with Gasteiger partial charge < -0.3 is 48.5 Å². The molecule has 0 heterocycles. The van der Waals surface area contributed by atoms with E-state index in [-0.39, 0.29) is 68.2 Å². The van der Waals surface area contributed by atoms with Gasteiger partial charge in [0, 0.05) is 0 Å². The van der Waals surface area contributed by atoms with Crippen molar-refractivity contribution in [3.05, 3.63) is 70.5 Å². The van der Waals surface area contributed by atoms with Crippen LogP contribution >= 0.6 is 0 Å². The summed E-state index contributed by atoms with van der Waals surface area (Å²) >= 11 is 0. The van der Waals surface area contributed by atoms with Crippen LogP contribution in [0.25, 0.3) is 0 Å². The van der Waals surface area contributed by atoms with Crippen LogP contribution in [0, 0.1) is 69.2 Å². The summed E-state index contributed by atoms with van der Waals surface area (Å²) in [4.78, 5) is 4.88.